The number of isothiocyanates is 1. The van der Waals surface area contributed by atoms with E-state index in [9.17, 15) is 0 Å². The van der Waals surface area contributed by atoms with Crippen molar-refractivity contribution >= 4 is 39.7 Å². The number of nitrogens with one attached hydrogen (secondary N) is 2. The topological polar surface area (TPSA) is 51.5 Å². The van der Waals surface area contributed by atoms with Crippen molar-refractivity contribution in [3.8, 4) is 22.5 Å². The van der Waals surface area contributed by atoms with Crippen LogP contribution in [0.15, 0.2) is 70.1 Å². The molecule has 0 saturated carbocycles. The monoisotopic (exact) mass is 407 g/mol. The highest BCUT2D eigenvalue weighted by atomic mass is 35.5. The zero-order chi connectivity index (χ0) is 18.8. The van der Waals surface area contributed by atoms with Gasteiger partial charge in [-0.25, -0.2) is 4.99 Å². The second kappa shape index (κ2) is 8.36. The number of thiocarbonyl (C=S) groups is 1. The van der Waals surface area contributed by atoms with Crippen molar-refractivity contribution in [3.05, 3.63) is 66.0 Å². The maximum absolute atomic E-state index is 6.24. The molecule has 0 unspecified atom stereocenters. The molecular weight excluding hydrogens is 390 g/mol. The smallest absolute Gasteiger partial charge is 0.201 e. The Kier molecular flexibility index (Phi) is 5.90. The van der Waals surface area contributed by atoms with E-state index in [1.54, 1.807) is 0 Å². The fourth-order valence-electron chi connectivity index (χ4n) is 3.30. The Morgan fingerprint density at radius 2 is 1.93 bits per heavy atom. The van der Waals surface area contributed by atoms with Gasteiger partial charge in [0, 0.05) is 41.4 Å². The lowest BCUT2D eigenvalue weighted by Gasteiger charge is -2.15. The van der Waals surface area contributed by atoms with Gasteiger partial charge in [-0.2, -0.15) is 4.99 Å². The lowest BCUT2D eigenvalue weighted by molar-refractivity contribution is -0.465. The van der Waals surface area contributed by atoms with Crippen LogP contribution in [0, 0.1) is 0 Å². The SMILES string of the molecule is CNc1ccc2c(-c3cccc(N=C=S)c3)c3ccc(=[NH+]C)cc-3oc2c1.[Cl-]. The number of fused-ring (bicyclic) bond motifs is 2. The summed E-state index contributed by atoms with van der Waals surface area (Å²) in [5.74, 6) is 0.821. The Morgan fingerprint density at radius 3 is 2.68 bits per heavy atom. The number of hydrogen-bond donors (Lipinski definition) is 2. The third kappa shape index (κ3) is 3.56. The molecule has 0 amide bonds. The predicted octanol–water partition coefficient (Wildman–Crippen LogP) is 0.596. The van der Waals surface area contributed by atoms with Crippen molar-refractivity contribution in [1.82, 2.24) is 0 Å². The van der Waals surface area contributed by atoms with E-state index in [1.807, 2.05) is 56.6 Å². The van der Waals surface area contributed by atoms with Gasteiger partial charge in [0.25, 0.3) is 0 Å². The second-order valence-corrected chi connectivity index (χ2v) is 6.33. The van der Waals surface area contributed by atoms with E-state index in [4.69, 9.17) is 16.6 Å². The number of nitrogens with zero attached hydrogens (tertiary/aromatic N) is 1. The third-order valence-corrected chi connectivity index (χ3v) is 4.70. The van der Waals surface area contributed by atoms with Crippen molar-refractivity contribution in [2.75, 3.05) is 19.4 Å². The van der Waals surface area contributed by atoms with Crippen LogP contribution >= 0.6 is 12.2 Å². The van der Waals surface area contributed by atoms with Crippen LogP contribution in [0.2, 0.25) is 0 Å². The summed E-state index contributed by atoms with van der Waals surface area (Å²) in [4.78, 5) is 7.30. The molecule has 6 heteroatoms. The van der Waals surface area contributed by atoms with Crippen LogP contribution in [0.3, 0.4) is 0 Å². The number of anilines is 1. The summed E-state index contributed by atoms with van der Waals surface area (Å²) in [6.45, 7) is 0. The van der Waals surface area contributed by atoms with E-state index in [0.717, 1.165) is 50.2 Å². The minimum atomic E-state index is 0. The molecule has 4 nitrogen and oxygen atoms in total. The first-order valence-electron chi connectivity index (χ1n) is 8.61. The summed E-state index contributed by atoms with van der Waals surface area (Å²) in [6, 6.07) is 20.3. The van der Waals surface area contributed by atoms with E-state index < -0.39 is 0 Å². The van der Waals surface area contributed by atoms with E-state index in [0.29, 0.717) is 0 Å². The van der Waals surface area contributed by atoms with Gasteiger partial charge in [-0.15, -0.1) is 0 Å². The summed E-state index contributed by atoms with van der Waals surface area (Å²) in [5.41, 5.74) is 5.81. The number of benzene rings is 3. The minimum Gasteiger partial charge on any atom is -1.00 e. The maximum atomic E-state index is 6.24. The lowest BCUT2D eigenvalue weighted by atomic mass is 9.93. The van der Waals surface area contributed by atoms with E-state index >= 15 is 0 Å². The highest BCUT2D eigenvalue weighted by molar-refractivity contribution is 7.78. The fraction of sp³-hybridized carbons (Fsp3) is 0.0909. The second-order valence-electron chi connectivity index (χ2n) is 6.15. The largest absolute Gasteiger partial charge is 1.00 e. The van der Waals surface area contributed by atoms with E-state index in [1.165, 1.54) is 0 Å². The molecule has 0 saturated heterocycles. The van der Waals surface area contributed by atoms with Crippen LogP contribution in [0.5, 0.6) is 0 Å². The van der Waals surface area contributed by atoms with Crippen molar-refractivity contribution < 1.29 is 21.8 Å². The molecule has 1 heterocycles. The van der Waals surface area contributed by atoms with Gasteiger partial charge >= 0.3 is 0 Å². The molecule has 140 valence electrons. The Balaban J connectivity index is 0.00000225. The average Bonchev–Trinajstić information content (AvgIpc) is 2.71. The Labute approximate surface area is 174 Å². The summed E-state index contributed by atoms with van der Waals surface area (Å²) < 4.78 is 6.24. The van der Waals surface area contributed by atoms with Crippen molar-refractivity contribution in [1.29, 1.82) is 0 Å². The van der Waals surface area contributed by atoms with Gasteiger partial charge in [-0.05, 0) is 48.1 Å². The molecule has 2 aliphatic rings. The molecule has 2 N–H and O–H groups in total. The van der Waals surface area contributed by atoms with Gasteiger partial charge in [0.1, 0.15) is 18.4 Å². The first-order chi connectivity index (χ1) is 13.2. The quantitative estimate of drug-likeness (QED) is 0.297. The molecule has 1 aliphatic carbocycles. The fourth-order valence-corrected chi connectivity index (χ4v) is 3.40. The van der Waals surface area contributed by atoms with Gasteiger partial charge in [-0.3, -0.25) is 0 Å². The minimum absolute atomic E-state index is 0. The number of aliphatic imine (C=N–C) groups is 1. The molecule has 0 radical (unpaired) electrons. The standard InChI is InChI=1S/C22H17N3OS.ClH/c1-23-15-6-8-18-20(11-15)26-21-12-16(24-2)7-9-19(21)22(18)14-4-3-5-17(10-14)25-13-27;/h3-12,23H,1-2H3;1H. The van der Waals surface area contributed by atoms with Crippen LogP contribution in [0.1, 0.15) is 0 Å². The molecule has 28 heavy (non-hydrogen) atoms. The first kappa shape index (κ1) is 19.8. The molecule has 0 spiro atoms. The zero-order valence-corrected chi connectivity index (χ0v) is 17.0. The van der Waals surface area contributed by atoms with Crippen LogP contribution in [-0.2, 0) is 0 Å². The van der Waals surface area contributed by atoms with Gasteiger partial charge in [0.15, 0.2) is 0 Å². The van der Waals surface area contributed by atoms with Crippen molar-refractivity contribution in [2.45, 2.75) is 0 Å². The van der Waals surface area contributed by atoms with Crippen LogP contribution in [0.4, 0.5) is 11.4 Å². The average molecular weight is 408 g/mol. The molecule has 0 atom stereocenters. The predicted molar refractivity (Wildman–Crippen MR) is 113 cm³/mol. The molecule has 4 rings (SSSR count). The highest BCUT2D eigenvalue weighted by Crippen LogP contribution is 2.41. The molecule has 2 aromatic carbocycles. The number of rotatable bonds is 3. The van der Waals surface area contributed by atoms with E-state index in [2.05, 4.69) is 38.7 Å². The van der Waals surface area contributed by atoms with Gasteiger partial charge in [0.05, 0.1) is 16.9 Å². The Bertz CT molecular complexity index is 1240. The zero-order valence-electron chi connectivity index (χ0n) is 15.4. The molecular formula is C22H18ClN3OS. The number of halogens is 1. The van der Waals surface area contributed by atoms with E-state index in [-0.39, 0.29) is 12.4 Å². The molecule has 1 aliphatic heterocycles. The van der Waals surface area contributed by atoms with Gasteiger partial charge in [0.2, 0.25) is 5.36 Å². The summed E-state index contributed by atoms with van der Waals surface area (Å²) in [7, 11) is 3.80. The third-order valence-electron chi connectivity index (χ3n) is 4.61. The van der Waals surface area contributed by atoms with Gasteiger partial charge < -0.3 is 22.1 Å². The van der Waals surface area contributed by atoms with Crippen molar-refractivity contribution in [3.63, 3.8) is 0 Å². The molecule has 0 fully saturated rings. The Morgan fingerprint density at radius 1 is 1.07 bits per heavy atom. The molecule has 0 aromatic heterocycles. The van der Waals surface area contributed by atoms with Gasteiger partial charge in [-0.1, -0.05) is 12.1 Å². The summed E-state index contributed by atoms with van der Waals surface area (Å²) in [6.07, 6.45) is 0. The Hall–Kier alpha value is -2.98. The molecule has 0 bridgehead atoms. The normalized spacial score (nSPS) is 11.1. The molecule has 2 aromatic rings. The summed E-state index contributed by atoms with van der Waals surface area (Å²) in [5, 5.41) is 7.65. The van der Waals surface area contributed by atoms with Crippen LogP contribution in [-0.4, -0.2) is 19.3 Å². The summed E-state index contributed by atoms with van der Waals surface area (Å²) >= 11 is 4.76. The maximum Gasteiger partial charge on any atom is 0.201 e. The van der Waals surface area contributed by atoms with Crippen LogP contribution < -0.4 is 28.1 Å². The lowest BCUT2D eigenvalue weighted by Crippen LogP contribution is -3.00. The highest BCUT2D eigenvalue weighted by Gasteiger charge is 2.18. The number of hydrogen-bond acceptors (Lipinski definition) is 4. The van der Waals surface area contributed by atoms with Crippen LogP contribution in [0.25, 0.3) is 33.4 Å². The first-order valence-corrected chi connectivity index (χ1v) is 9.02. The van der Waals surface area contributed by atoms with Crippen molar-refractivity contribution in [2.24, 2.45) is 4.99 Å².